The zero-order valence-corrected chi connectivity index (χ0v) is 12.0. The quantitative estimate of drug-likeness (QED) is 0.512. The minimum atomic E-state index is -0.487. The molecule has 3 aromatic rings. The first-order chi connectivity index (χ1) is 10.5. The molecule has 10 heteroatoms. The number of aryl methyl sites for hydroxylation is 4. The van der Waals surface area contributed by atoms with Crippen LogP contribution >= 0.6 is 0 Å². The van der Waals surface area contributed by atoms with Crippen LogP contribution in [0.4, 0.5) is 5.69 Å². The summed E-state index contributed by atoms with van der Waals surface area (Å²) in [5, 5.41) is 26.7. The molecule has 0 aliphatic heterocycles. The van der Waals surface area contributed by atoms with Gasteiger partial charge < -0.3 is 4.42 Å². The fourth-order valence-corrected chi connectivity index (χ4v) is 2.05. The van der Waals surface area contributed by atoms with Crippen molar-refractivity contribution in [2.75, 3.05) is 0 Å². The van der Waals surface area contributed by atoms with E-state index in [1.165, 1.54) is 17.1 Å². The molecule has 0 unspecified atom stereocenters. The first-order valence-electron chi connectivity index (χ1n) is 6.53. The van der Waals surface area contributed by atoms with Gasteiger partial charge in [-0.05, 0) is 13.0 Å². The summed E-state index contributed by atoms with van der Waals surface area (Å²) in [6, 6.07) is 1.86. The Labute approximate surface area is 124 Å². The molecule has 10 nitrogen and oxygen atoms in total. The van der Waals surface area contributed by atoms with E-state index in [0.29, 0.717) is 24.7 Å². The predicted molar refractivity (Wildman–Crippen MR) is 73.8 cm³/mol. The van der Waals surface area contributed by atoms with Crippen LogP contribution in [-0.2, 0) is 20.0 Å². The lowest BCUT2D eigenvalue weighted by Crippen LogP contribution is -2.01. The Morgan fingerprint density at radius 3 is 2.86 bits per heavy atom. The highest BCUT2D eigenvalue weighted by Gasteiger charge is 2.14. The van der Waals surface area contributed by atoms with E-state index in [1.54, 1.807) is 11.7 Å². The Morgan fingerprint density at radius 2 is 2.23 bits per heavy atom. The van der Waals surface area contributed by atoms with E-state index in [1.807, 2.05) is 13.0 Å². The van der Waals surface area contributed by atoms with Crippen molar-refractivity contribution in [1.29, 1.82) is 0 Å². The van der Waals surface area contributed by atoms with Crippen LogP contribution in [0.1, 0.15) is 11.6 Å². The van der Waals surface area contributed by atoms with Crippen LogP contribution in [0.3, 0.4) is 0 Å². The average molecular weight is 303 g/mol. The summed E-state index contributed by atoms with van der Waals surface area (Å²) in [4.78, 5) is 10.1. The van der Waals surface area contributed by atoms with Crippen molar-refractivity contribution in [2.45, 2.75) is 19.9 Å². The van der Waals surface area contributed by atoms with Crippen LogP contribution in [0.15, 0.2) is 22.9 Å². The Bertz CT molecular complexity index is 816. The molecule has 0 fully saturated rings. The van der Waals surface area contributed by atoms with E-state index in [0.717, 1.165) is 11.4 Å². The highest BCUT2D eigenvalue weighted by molar-refractivity contribution is 5.47. The molecule has 0 N–H and O–H groups in total. The third kappa shape index (κ3) is 2.71. The van der Waals surface area contributed by atoms with Crippen molar-refractivity contribution in [3.63, 3.8) is 0 Å². The van der Waals surface area contributed by atoms with E-state index in [4.69, 9.17) is 4.42 Å². The fourth-order valence-electron chi connectivity index (χ4n) is 2.05. The van der Waals surface area contributed by atoms with Crippen LogP contribution in [0, 0.1) is 17.0 Å². The molecular weight excluding hydrogens is 290 g/mol. The van der Waals surface area contributed by atoms with E-state index in [2.05, 4.69) is 20.4 Å². The van der Waals surface area contributed by atoms with Crippen LogP contribution < -0.4 is 0 Å². The highest BCUT2D eigenvalue weighted by atomic mass is 16.6. The van der Waals surface area contributed by atoms with Crippen LogP contribution in [0.25, 0.3) is 11.6 Å². The molecule has 3 rings (SSSR count). The number of nitro groups is 1. The topological polar surface area (TPSA) is 118 Å². The standard InChI is InChI=1S/C12H13N7O3/c1-8-5-10(17(2)16-8)12-15-14-11(22-12)3-4-18-7-9(6-13-18)19(20)21/h5-7H,3-4H2,1-2H3. The molecule has 0 saturated heterocycles. The van der Waals surface area contributed by atoms with Crippen molar-refractivity contribution in [1.82, 2.24) is 29.8 Å². The molecule has 0 atom stereocenters. The van der Waals surface area contributed by atoms with Gasteiger partial charge >= 0.3 is 5.69 Å². The minimum Gasteiger partial charge on any atom is -0.419 e. The van der Waals surface area contributed by atoms with Gasteiger partial charge in [-0.25, -0.2) is 0 Å². The molecular formula is C12H13N7O3. The van der Waals surface area contributed by atoms with Crippen molar-refractivity contribution in [3.05, 3.63) is 40.2 Å². The molecule has 0 saturated carbocycles. The maximum Gasteiger partial charge on any atom is 0.306 e. The molecule has 0 aliphatic rings. The second-order valence-corrected chi connectivity index (χ2v) is 4.76. The summed E-state index contributed by atoms with van der Waals surface area (Å²) in [5.74, 6) is 0.830. The summed E-state index contributed by atoms with van der Waals surface area (Å²) >= 11 is 0. The summed E-state index contributed by atoms with van der Waals surface area (Å²) in [7, 11) is 1.80. The van der Waals surface area contributed by atoms with Gasteiger partial charge in [-0.2, -0.15) is 10.2 Å². The van der Waals surface area contributed by atoms with Crippen LogP contribution in [-0.4, -0.2) is 34.7 Å². The lowest BCUT2D eigenvalue weighted by molar-refractivity contribution is -0.385. The van der Waals surface area contributed by atoms with Gasteiger partial charge in [-0.15, -0.1) is 10.2 Å². The van der Waals surface area contributed by atoms with E-state index < -0.39 is 4.92 Å². The first-order valence-corrected chi connectivity index (χ1v) is 6.53. The summed E-state index contributed by atoms with van der Waals surface area (Å²) in [5.41, 5.74) is 1.56. The zero-order chi connectivity index (χ0) is 15.7. The number of rotatable bonds is 5. The van der Waals surface area contributed by atoms with Gasteiger partial charge in [0.05, 0.1) is 10.6 Å². The molecule has 0 amide bonds. The fraction of sp³-hybridized carbons (Fsp3) is 0.333. The number of nitrogens with zero attached hydrogens (tertiary/aromatic N) is 7. The SMILES string of the molecule is Cc1cc(-c2nnc(CCn3cc([N+](=O)[O-])cn3)o2)n(C)n1. The van der Waals surface area contributed by atoms with Gasteiger partial charge in [0.1, 0.15) is 18.1 Å². The summed E-state index contributed by atoms with van der Waals surface area (Å²) in [6.07, 6.45) is 3.00. The summed E-state index contributed by atoms with van der Waals surface area (Å²) in [6.45, 7) is 2.30. The molecule has 114 valence electrons. The molecule has 0 radical (unpaired) electrons. The minimum absolute atomic E-state index is 0.0448. The maximum atomic E-state index is 10.6. The molecule has 3 aromatic heterocycles. The third-order valence-electron chi connectivity index (χ3n) is 3.07. The molecule has 0 aromatic carbocycles. The van der Waals surface area contributed by atoms with Gasteiger partial charge in [-0.3, -0.25) is 19.5 Å². The molecule has 0 spiro atoms. The van der Waals surface area contributed by atoms with Crippen LogP contribution in [0.2, 0.25) is 0 Å². The molecule has 22 heavy (non-hydrogen) atoms. The van der Waals surface area contributed by atoms with Gasteiger partial charge in [0.25, 0.3) is 5.89 Å². The maximum absolute atomic E-state index is 10.6. The Balaban J connectivity index is 1.69. The Hall–Kier alpha value is -3.04. The third-order valence-corrected chi connectivity index (χ3v) is 3.07. The van der Waals surface area contributed by atoms with E-state index >= 15 is 0 Å². The largest absolute Gasteiger partial charge is 0.419 e. The Kier molecular flexibility index (Phi) is 3.41. The van der Waals surface area contributed by atoms with E-state index in [-0.39, 0.29) is 5.69 Å². The highest BCUT2D eigenvalue weighted by Crippen LogP contribution is 2.18. The first kappa shape index (κ1) is 13.9. The molecule has 0 bridgehead atoms. The van der Waals surface area contributed by atoms with E-state index in [9.17, 15) is 10.1 Å². The second-order valence-electron chi connectivity index (χ2n) is 4.76. The van der Waals surface area contributed by atoms with Gasteiger partial charge in [0.15, 0.2) is 0 Å². The number of hydrogen-bond donors (Lipinski definition) is 0. The smallest absolute Gasteiger partial charge is 0.306 e. The van der Waals surface area contributed by atoms with Crippen molar-refractivity contribution in [2.24, 2.45) is 7.05 Å². The number of aromatic nitrogens is 6. The monoisotopic (exact) mass is 303 g/mol. The average Bonchev–Trinajstić information content (AvgIpc) is 3.16. The lowest BCUT2D eigenvalue weighted by atomic mass is 10.4. The van der Waals surface area contributed by atoms with Crippen molar-refractivity contribution < 1.29 is 9.34 Å². The van der Waals surface area contributed by atoms with Gasteiger partial charge in [-0.1, -0.05) is 0 Å². The van der Waals surface area contributed by atoms with Gasteiger partial charge in [0.2, 0.25) is 5.89 Å². The number of hydrogen-bond acceptors (Lipinski definition) is 7. The normalized spacial score (nSPS) is 11.0. The summed E-state index contributed by atoms with van der Waals surface area (Å²) < 4.78 is 8.72. The lowest BCUT2D eigenvalue weighted by Gasteiger charge is -1.96. The van der Waals surface area contributed by atoms with Crippen molar-refractivity contribution in [3.8, 4) is 11.6 Å². The zero-order valence-electron chi connectivity index (χ0n) is 12.0. The Morgan fingerprint density at radius 1 is 1.41 bits per heavy atom. The second kappa shape index (κ2) is 5.39. The van der Waals surface area contributed by atoms with Gasteiger partial charge in [0, 0.05) is 20.0 Å². The van der Waals surface area contributed by atoms with Crippen LogP contribution in [0.5, 0.6) is 0 Å². The van der Waals surface area contributed by atoms with Crippen molar-refractivity contribution >= 4 is 5.69 Å². The predicted octanol–water partition coefficient (Wildman–Crippen LogP) is 1.13. The molecule has 3 heterocycles. The molecule has 0 aliphatic carbocycles.